The summed E-state index contributed by atoms with van der Waals surface area (Å²) in [7, 11) is 0. The van der Waals surface area contributed by atoms with E-state index >= 15 is 0 Å². The monoisotopic (exact) mass is 293 g/mol. The summed E-state index contributed by atoms with van der Waals surface area (Å²) >= 11 is 2.86. The fourth-order valence-corrected chi connectivity index (χ4v) is 2.89. The molecule has 1 atom stereocenters. The number of rotatable bonds is 6. The molecule has 1 aromatic heterocycles. The van der Waals surface area contributed by atoms with E-state index in [-0.39, 0.29) is 5.91 Å². The Morgan fingerprint density at radius 1 is 1.42 bits per heavy atom. The van der Waals surface area contributed by atoms with Crippen molar-refractivity contribution in [3.05, 3.63) is 41.4 Å². The second-order valence-electron chi connectivity index (χ2n) is 4.11. The molecule has 1 N–H and O–H groups in total. The first-order valence-electron chi connectivity index (χ1n) is 5.96. The molecule has 0 aliphatic heterocycles. The molecule has 0 saturated carbocycles. The van der Waals surface area contributed by atoms with Gasteiger partial charge in [0.1, 0.15) is 5.51 Å². The van der Waals surface area contributed by atoms with E-state index < -0.39 is 0 Å². The quantitative estimate of drug-likeness (QED) is 0.832. The molecular weight excluding hydrogens is 278 g/mol. The topological polar surface area (TPSA) is 54.9 Å². The Balaban J connectivity index is 1.71. The van der Waals surface area contributed by atoms with E-state index in [0.717, 1.165) is 4.34 Å². The third-order valence-electron chi connectivity index (χ3n) is 2.64. The molecule has 4 nitrogen and oxygen atoms in total. The molecule has 2 aromatic rings. The highest BCUT2D eigenvalue weighted by Gasteiger charge is 2.08. The first kappa shape index (κ1) is 14.0. The number of nitrogens with zero attached hydrogens (tertiary/aromatic N) is 2. The van der Waals surface area contributed by atoms with Gasteiger partial charge in [-0.2, -0.15) is 0 Å². The second kappa shape index (κ2) is 7.25. The van der Waals surface area contributed by atoms with Gasteiger partial charge in [0.15, 0.2) is 4.34 Å². The lowest BCUT2D eigenvalue weighted by atomic mass is 10.0. The molecule has 1 amide bonds. The fourth-order valence-electron chi connectivity index (χ4n) is 1.57. The summed E-state index contributed by atoms with van der Waals surface area (Å²) in [6.07, 6.45) is 0. The Labute approximate surface area is 120 Å². The van der Waals surface area contributed by atoms with E-state index in [2.05, 4.69) is 34.6 Å². The SMILES string of the molecule is C[C@@H](CNC(=O)CSc1nncs1)c1ccccc1. The minimum atomic E-state index is 0.0305. The zero-order valence-electron chi connectivity index (χ0n) is 10.6. The number of carbonyl (C=O) groups excluding carboxylic acids is 1. The smallest absolute Gasteiger partial charge is 0.230 e. The molecule has 100 valence electrons. The number of amides is 1. The Bertz CT molecular complexity index is 502. The van der Waals surface area contributed by atoms with E-state index in [1.54, 1.807) is 5.51 Å². The molecule has 2 rings (SSSR count). The fraction of sp³-hybridized carbons (Fsp3) is 0.308. The van der Waals surface area contributed by atoms with Gasteiger partial charge >= 0.3 is 0 Å². The van der Waals surface area contributed by atoms with E-state index in [4.69, 9.17) is 0 Å². The van der Waals surface area contributed by atoms with E-state index in [9.17, 15) is 4.79 Å². The van der Waals surface area contributed by atoms with Crippen LogP contribution in [0, 0.1) is 0 Å². The molecule has 1 heterocycles. The lowest BCUT2D eigenvalue weighted by Crippen LogP contribution is -2.28. The molecule has 0 radical (unpaired) electrons. The number of aromatic nitrogens is 2. The molecule has 6 heteroatoms. The summed E-state index contributed by atoms with van der Waals surface area (Å²) in [6.45, 7) is 2.76. The van der Waals surface area contributed by atoms with Crippen molar-refractivity contribution in [2.75, 3.05) is 12.3 Å². The summed E-state index contributed by atoms with van der Waals surface area (Å²) in [5, 5.41) is 10.6. The van der Waals surface area contributed by atoms with Gasteiger partial charge in [0.2, 0.25) is 5.91 Å². The van der Waals surface area contributed by atoms with Crippen LogP contribution >= 0.6 is 23.1 Å². The average molecular weight is 293 g/mol. The highest BCUT2D eigenvalue weighted by molar-refractivity contribution is 8.01. The van der Waals surface area contributed by atoms with E-state index in [0.29, 0.717) is 18.2 Å². The average Bonchev–Trinajstić information content (AvgIpc) is 2.96. The van der Waals surface area contributed by atoms with Crippen molar-refractivity contribution in [1.29, 1.82) is 0 Å². The lowest BCUT2D eigenvalue weighted by molar-refractivity contribution is -0.118. The van der Waals surface area contributed by atoms with Crippen molar-refractivity contribution >= 4 is 29.0 Å². The normalized spacial score (nSPS) is 12.1. The number of hydrogen-bond acceptors (Lipinski definition) is 5. The van der Waals surface area contributed by atoms with Crippen LogP contribution in [-0.2, 0) is 4.79 Å². The first-order valence-corrected chi connectivity index (χ1v) is 7.83. The second-order valence-corrected chi connectivity index (χ2v) is 6.16. The maximum Gasteiger partial charge on any atom is 0.230 e. The maximum absolute atomic E-state index is 11.7. The highest BCUT2D eigenvalue weighted by Crippen LogP contribution is 2.18. The van der Waals surface area contributed by atoms with Crippen LogP contribution in [0.2, 0.25) is 0 Å². The van der Waals surface area contributed by atoms with Gasteiger partial charge in [0, 0.05) is 6.54 Å². The Kier molecular flexibility index (Phi) is 5.35. The van der Waals surface area contributed by atoms with Crippen molar-refractivity contribution in [1.82, 2.24) is 15.5 Å². The van der Waals surface area contributed by atoms with Crippen LogP contribution in [-0.4, -0.2) is 28.4 Å². The van der Waals surface area contributed by atoms with Gasteiger partial charge in [-0.25, -0.2) is 0 Å². The van der Waals surface area contributed by atoms with Gasteiger partial charge in [-0.3, -0.25) is 4.79 Å². The van der Waals surface area contributed by atoms with Gasteiger partial charge in [0.05, 0.1) is 5.75 Å². The highest BCUT2D eigenvalue weighted by atomic mass is 32.2. The van der Waals surface area contributed by atoms with Crippen LogP contribution in [0.3, 0.4) is 0 Å². The minimum Gasteiger partial charge on any atom is -0.355 e. The van der Waals surface area contributed by atoms with Crippen molar-refractivity contribution in [2.24, 2.45) is 0 Å². The Morgan fingerprint density at radius 3 is 2.89 bits per heavy atom. The van der Waals surface area contributed by atoms with Crippen molar-refractivity contribution in [2.45, 2.75) is 17.2 Å². The number of carbonyl (C=O) groups is 1. The van der Waals surface area contributed by atoms with Crippen LogP contribution in [0.4, 0.5) is 0 Å². The van der Waals surface area contributed by atoms with Crippen molar-refractivity contribution in [3.63, 3.8) is 0 Å². The number of thioether (sulfide) groups is 1. The van der Waals surface area contributed by atoms with Gasteiger partial charge in [-0.1, -0.05) is 60.4 Å². The van der Waals surface area contributed by atoms with Crippen molar-refractivity contribution in [3.8, 4) is 0 Å². The first-order chi connectivity index (χ1) is 9.25. The van der Waals surface area contributed by atoms with Gasteiger partial charge in [0.25, 0.3) is 0 Å². The van der Waals surface area contributed by atoms with Crippen LogP contribution < -0.4 is 5.32 Å². The molecule has 0 unspecified atom stereocenters. The maximum atomic E-state index is 11.7. The molecule has 0 saturated heterocycles. The molecule has 0 fully saturated rings. The zero-order chi connectivity index (χ0) is 13.5. The van der Waals surface area contributed by atoms with Gasteiger partial charge < -0.3 is 5.32 Å². The summed E-state index contributed by atoms with van der Waals surface area (Å²) in [5.41, 5.74) is 2.90. The molecule has 19 heavy (non-hydrogen) atoms. The van der Waals surface area contributed by atoms with Gasteiger partial charge in [-0.15, -0.1) is 10.2 Å². The molecule has 1 aromatic carbocycles. The van der Waals surface area contributed by atoms with Crippen LogP contribution in [0.1, 0.15) is 18.4 Å². The number of hydrogen-bond donors (Lipinski definition) is 1. The van der Waals surface area contributed by atoms with E-state index in [1.807, 2.05) is 18.2 Å². The Hall–Kier alpha value is -1.40. The minimum absolute atomic E-state index is 0.0305. The van der Waals surface area contributed by atoms with Crippen LogP contribution in [0.25, 0.3) is 0 Å². The predicted molar refractivity (Wildman–Crippen MR) is 78.5 cm³/mol. The standard InChI is InChI=1S/C13H15N3OS2/c1-10(11-5-3-2-4-6-11)7-14-12(17)8-18-13-16-15-9-19-13/h2-6,9-10H,7-8H2,1H3,(H,14,17)/t10-/m0/s1. The predicted octanol–water partition coefficient (Wildman–Crippen LogP) is 2.55. The van der Waals surface area contributed by atoms with Crippen LogP contribution in [0.15, 0.2) is 40.2 Å². The molecular formula is C13H15N3OS2. The van der Waals surface area contributed by atoms with Gasteiger partial charge in [-0.05, 0) is 11.5 Å². The zero-order valence-corrected chi connectivity index (χ0v) is 12.2. The summed E-state index contributed by atoms with van der Waals surface area (Å²) < 4.78 is 0.825. The third kappa shape index (κ3) is 4.65. The third-order valence-corrected chi connectivity index (χ3v) is 4.50. The number of benzene rings is 1. The lowest BCUT2D eigenvalue weighted by Gasteiger charge is -2.12. The molecule has 0 aliphatic rings. The van der Waals surface area contributed by atoms with Crippen molar-refractivity contribution < 1.29 is 4.79 Å². The van der Waals surface area contributed by atoms with E-state index in [1.165, 1.54) is 28.7 Å². The van der Waals surface area contributed by atoms with Crippen LogP contribution in [0.5, 0.6) is 0 Å². The molecule has 0 bridgehead atoms. The molecule has 0 aliphatic carbocycles. The number of nitrogens with one attached hydrogen (secondary N) is 1. The molecule has 0 spiro atoms. The summed E-state index contributed by atoms with van der Waals surface area (Å²) in [5.74, 6) is 0.733. The largest absolute Gasteiger partial charge is 0.355 e. The Morgan fingerprint density at radius 2 is 2.21 bits per heavy atom. The summed E-state index contributed by atoms with van der Waals surface area (Å²) in [4.78, 5) is 11.7. The summed E-state index contributed by atoms with van der Waals surface area (Å²) in [6, 6.07) is 10.2.